The summed E-state index contributed by atoms with van der Waals surface area (Å²) in [5.74, 6) is 1.35. The molecule has 0 aromatic rings. The molecule has 70 valence electrons. The van der Waals surface area contributed by atoms with Gasteiger partial charge >= 0.3 is 0 Å². The minimum atomic E-state index is 0. The highest BCUT2D eigenvalue weighted by molar-refractivity contribution is 7.98. The maximum Gasteiger partial charge on any atom is -0.00703 e. The molecule has 0 amide bonds. The summed E-state index contributed by atoms with van der Waals surface area (Å²) in [7, 11) is 0. The van der Waals surface area contributed by atoms with E-state index in [2.05, 4.69) is 13.2 Å². The van der Waals surface area contributed by atoms with Crippen LogP contribution in [0.1, 0.15) is 45.4 Å². The molecule has 0 radical (unpaired) electrons. The van der Waals surface area contributed by atoms with E-state index in [4.69, 9.17) is 0 Å². The third-order valence-electron chi connectivity index (χ3n) is 1.70. The molecule has 0 aromatic heterocycles. The zero-order valence-corrected chi connectivity index (χ0v) is 10.3. The first-order valence-electron chi connectivity index (χ1n) is 4.40. The van der Waals surface area contributed by atoms with Gasteiger partial charge in [-0.2, -0.15) is 21.7 Å². The van der Waals surface area contributed by atoms with Crippen LogP contribution >= 0.6 is 21.7 Å². The molecule has 0 aliphatic carbocycles. The topological polar surface area (TPSA) is 0 Å². The number of thioether (sulfide) groups is 1. The second-order valence-electron chi connectivity index (χ2n) is 2.76. The van der Waals surface area contributed by atoms with Gasteiger partial charge in [-0.15, -0.1) is 0 Å². The Morgan fingerprint density at radius 1 is 0.909 bits per heavy atom. The highest BCUT2D eigenvalue weighted by Gasteiger charge is 1.87. The lowest BCUT2D eigenvalue weighted by Gasteiger charge is -1.97. The second-order valence-corrected chi connectivity index (χ2v) is 3.75. The van der Waals surface area contributed by atoms with E-state index in [1.807, 2.05) is 11.8 Å². The van der Waals surface area contributed by atoms with Gasteiger partial charge in [-0.1, -0.05) is 39.0 Å². The fourth-order valence-corrected chi connectivity index (χ4v) is 1.52. The number of unbranched alkanes of at least 4 members (excludes halogenated alkanes) is 5. The Morgan fingerprint density at radius 3 is 2.00 bits per heavy atom. The summed E-state index contributed by atoms with van der Waals surface area (Å²) in [6, 6.07) is 0. The van der Waals surface area contributed by atoms with E-state index in [1.165, 1.54) is 44.3 Å². The molecule has 1 unspecified atom stereocenters. The van der Waals surface area contributed by atoms with E-state index in [-0.39, 0.29) is 9.90 Å². The molecule has 0 aliphatic heterocycles. The summed E-state index contributed by atoms with van der Waals surface area (Å²) in [4.78, 5) is 0. The van der Waals surface area contributed by atoms with Crippen molar-refractivity contribution in [3.05, 3.63) is 0 Å². The predicted molar refractivity (Wildman–Crippen MR) is 62.9 cm³/mol. The molecule has 11 heavy (non-hydrogen) atoms. The van der Waals surface area contributed by atoms with Gasteiger partial charge in [-0.3, -0.25) is 0 Å². The first kappa shape index (κ1) is 14.3. The van der Waals surface area contributed by atoms with Crippen LogP contribution in [0.3, 0.4) is 0 Å². The van der Waals surface area contributed by atoms with Crippen molar-refractivity contribution in [3.63, 3.8) is 0 Å². The molecule has 0 bridgehead atoms. The number of hydrogen-bond acceptors (Lipinski definition) is 1. The molecular weight excluding hydrogens is 171 g/mol. The quantitative estimate of drug-likeness (QED) is 0.439. The summed E-state index contributed by atoms with van der Waals surface area (Å²) in [6.07, 6.45) is 10.7. The monoisotopic (exact) mass is 194 g/mol. The third kappa shape index (κ3) is 13.7. The van der Waals surface area contributed by atoms with Crippen LogP contribution in [0.25, 0.3) is 0 Å². The molecule has 0 aromatic carbocycles. The first-order chi connectivity index (χ1) is 4.91. The average Bonchev–Trinajstić information content (AvgIpc) is 1.97. The van der Waals surface area contributed by atoms with Gasteiger partial charge in [-0.25, -0.2) is 0 Å². The van der Waals surface area contributed by atoms with E-state index >= 15 is 0 Å². The Hall–Kier alpha value is 0.780. The van der Waals surface area contributed by atoms with Gasteiger partial charge in [-0.05, 0) is 18.4 Å². The number of hydrogen-bond donors (Lipinski definition) is 0. The molecule has 0 nitrogen and oxygen atoms in total. The second kappa shape index (κ2) is 13.4. The van der Waals surface area contributed by atoms with E-state index in [0.29, 0.717) is 0 Å². The SMILES string of the molecule is CCCCCCCCSC.P. The lowest BCUT2D eigenvalue weighted by atomic mass is 10.1. The van der Waals surface area contributed by atoms with Crippen LogP contribution in [0.4, 0.5) is 0 Å². The van der Waals surface area contributed by atoms with Gasteiger partial charge in [0.15, 0.2) is 0 Å². The highest BCUT2D eigenvalue weighted by atomic mass is 32.2. The average molecular weight is 194 g/mol. The molecular formula is C9H23PS. The van der Waals surface area contributed by atoms with Crippen molar-refractivity contribution in [2.24, 2.45) is 0 Å². The fraction of sp³-hybridized carbons (Fsp3) is 1.00. The molecule has 0 fully saturated rings. The third-order valence-corrected chi connectivity index (χ3v) is 2.40. The highest BCUT2D eigenvalue weighted by Crippen LogP contribution is 2.07. The standard InChI is InChI=1S/C9H20S.H3P/c1-3-4-5-6-7-8-9-10-2;/h3-9H2,1-2H3;1H3. The van der Waals surface area contributed by atoms with Gasteiger partial charge in [0.1, 0.15) is 0 Å². The normalized spacial score (nSPS) is 9.27. The summed E-state index contributed by atoms with van der Waals surface area (Å²) in [5, 5.41) is 0. The van der Waals surface area contributed by atoms with Crippen molar-refractivity contribution in [1.29, 1.82) is 0 Å². The Kier molecular flexibility index (Phi) is 17.4. The molecule has 0 aliphatic rings. The summed E-state index contributed by atoms with van der Waals surface area (Å²) in [5.41, 5.74) is 0. The van der Waals surface area contributed by atoms with Crippen molar-refractivity contribution in [3.8, 4) is 0 Å². The zero-order valence-electron chi connectivity index (χ0n) is 8.07. The maximum atomic E-state index is 2.27. The van der Waals surface area contributed by atoms with E-state index in [9.17, 15) is 0 Å². The van der Waals surface area contributed by atoms with Crippen LogP contribution in [0.2, 0.25) is 0 Å². The van der Waals surface area contributed by atoms with Crippen LogP contribution in [0.5, 0.6) is 0 Å². The molecule has 0 saturated heterocycles. The van der Waals surface area contributed by atoms with Gasteiger partial charge in [0, 0.05) is 0 Å². The van der Waals surface area contributed by atoms with Crippen LogP contribution in [0, 0.1) is 0 Å². The van der Waals surface area contributed by atoms with Crippen molar-refractivity contribution < 1.29 is 0 Å². The molecule has 0 rings (SSSR count). The first-order valence-corrected chi connectivity index (χ1v) is 5.80. The molecule has 1 atom stereocenters. The van der Waals surface area contributed by atoms with Gasteiger partial charge in [0.05, 0.1) is 0 Å². The Morgan fingerprint density at radius 2 is 1.45 bits per heavy atom. The predicted octanol–water partition coefficient (Wildman–Crippen LogP) is 3.77. The van der Waals surface area contributed by atoms with E-state index in [0.717, 1.165) is 0 Å². The van der Waals surface area contributed by atoms with E-state index in [1.54, 1.807) is 0 Å². The van der Waals surface area contributed by atoms with Gasteiger partial charge in [0.25, 0.3) is 0 Å². The lowest BCUT2D eigenvalue weighted by molar-refractivity contribution is 0.627. The smallest absolute Gasteiger partial charge is 0.00703 e. The Balaban J connectivity index is 0. The molecule has 0 heterocycles. The van der Waals surface area contributed by atoms with Crippen molar-refractivity contribution >= 4 is 21.7 Å². The Labute approximate surface area is 79.5 Å². The molecule has 0 saturated carbocycles. The van der Waals surface area contributed by atoms with E-state index < -0.39 is 0 Å². The molecule has 2 heteroatoms. The fourth-order valence-electron chi connectivity index (χ4n) is 1.03. The van der Waals surface area contributed by atoms with Crippen molar-refractivity contribution in [1.82, 2.24) is 0 Å². The largest absolute Gasteiger partial charge is 0.165 e. The van der Waals surface area contributed by atoms with Crippen LogP contribution in [-0.4, -0.2) is 12.0 Å². The summed E-state index contributed by atoms with van der Waals surface area (Å²) in [6.45, 7) is 2.27. The maximum absolute atomic E-state index is 2.27. The minimum absolute atomic E-state index is 0. The van der Waals surface area contributed by atoms with Gasteiger partial charge in [0.2, 0.25) is 0 Å². The van der Waals surface area contributed by atoms with Crippen molar-refractivity contribution in [2.75, 3.05) is 12.0 Å². The molecule has 0 spiro atoms. The van der Waals surface area contributed by atoms with Crippen LogP contribution < -0.4 is 0 Å². The minimum Gasteiger partial charge on any atom is -0.165 e. The molecule has 0 N–H and O–H groups in total. The zero-order chi connectivity index (χ0) is 7.66. The lowest BCUT2D eigenvalue weighted by Crippen LogP contribution is -1.80. The van der Waals surface area contributed by atoms with Crippen LogP contribution in [0.15, 0.2) is 0 Å². The number of rotatable bonds is 7. The van der Waals surface area contributed by atoms with Crippen LogP contribution in [-0.2, 0) is 0 Å². The van der Waals surface area contributed by atoms with Crippen molar-refractivity contribution in [2.45, 2.75) is 45.4 Å². The van der Waals surface area contributed by atoms with Gasteiger partial charge < -0.3 is 0 Å². The summed E-state index contributed by atoms with van der Waals surface area (Å²) < 4.78 is 0. The summed E-state index contributed by atoms with van der Waals surface area (Å²) >= 11 is 1.97. The Bertz CT molecular complexity index is 49.5.